The molecule has 0 fully saturated rings. The number of nitrogens with zero attached hydrogens (tertiary/aromatic N) is 2. The summed E-state index contributed by atoms with van der Waals surface area (Å²) in [6.45, 7) is 4.38. The SMILES string of the molecule is CCC1CN(CC(=O)NCc2nc3c(s2)CCCC3)Cc2cc(OC)ccc2O1. The summed E-state index contributed by atoms with van der Waals surface area (Å²) in [5.41, 5.74) is 2.30. The van der Waals surface area contributed by atoms with Crippen LogP contribution in [0, 0.1) is 0 Å². The van der Waals surface area contributed by atoms with Gasteiger partial charge in [0, 0.05) is 23.5 Å². The maximum Gasteiger partial charge on any atom is 0.234 e. The molecule has 6 nitrogen and oxygen atoms in total. The Morgan fingerprint density at radius 1 is 1.38 bits per heavy atom. The van der Waals surface area contributed by atoms with E-state index in [1.54, 1.807) is 18.4 Å². The fourth-order valence-electron chi connectivity index (χ4n) is 3.98. The fraction of sp³-hybridized carbons (Fsp3) is 0.545. The average Bonchev–Trinajstić information content (AvgIpc) is 3.07. The number of thiazole rings is 1. The zero-order chi connectivity index (χ0) is 20.2. The van der Waals surface area contributed by atoms with E-state index in [0.717, 1.165) is 47.9 Å². The first-order valence-electron chi connectivity index (χ1n) is 10.4. The molecule has 0 saturated carbocycles. The summed E-state index contributed by atoms with van der Waals surface area (Å²) in [7, 11) is 1.66. The number of methoxy groups -OCH3 is 1. The zero-order valence-electron chi connectivity index (χ0n) is 17.2. The van der Waals surface area contributed by atoms with Crippen molar-refractivity contribution in [3.63, 3.8) is 0 Å². The molecule has 1 amide bonds. The molecule has 1 aromatic carbocycles. The number of ether oxygens (including phenoxy) is 2. The summed E-state index contributed by atoms with van der Waals surface area (Å²) in [5.74, 6) is 1.72. The van der Waals surface area contributed by atoms with Gasteiger partial charge < -0.3 is 14.8 Å². The van der Waals surface area contributed by atoms with Crippen molar-refractivity contribution in [1.82, 2.24) is 15.2 Å². The number of rotatable bonds is 6. The number of hydrogen-bond acceptors (Lipinski definition) is 6. The van der Waals surface area contributed by atoms with E-state index in [0.29, 0.717) is 19.6 Å². The molecule has 1 N–H and O–H groups in total. The van der Waals surface area contributed by atoms with E-state index >= 15 is 0 Å². The maximum absolute atomic E-state index is 12.6. The Morgan fingerprint density at radius 3 is 3.03 bits per heavy atom. The maximum atomic E-state index is 12.6. The molecule has 0 saturated heterocycles. The second-order valence-electron chi connectivity index (χ2n) is 7.75. The van der Waals surface area contributed by atoms with Gasteiger partial charge in [0.25, 0.3) is 0 Å². The first-order chi connectivity index (χ1) is 14.1. The number of aryl methyl sites for hydroxylation is 2. The monoisotopic (exact) mass is 415 g/mol. The Balaban J connectivity index is 1.38. The Labute approximate surface area is 176 Å². The van der Waals surface area contributed by atoms with Crippen LogP contribution in [-0.4, -0.2) is 42.1 Å². The van der Waals surface area contributed by atoms with Crippen LogP contribution in [0.15, 0.2) is 18.2 Å². The minimum Gasteiger partial charge on any atom is -0.497 e. The zero-order valence-corrected chi connectivity index (χ0v) is 18.0. The van der Waals surface area contributed by atoms with Crippen molar-refractivity contribution in [2.24, 2.45) is 0 Å². The Kier molecular flexibility index (Phi) is 6.35. The van der Waals surface area contributed by atoms with Crippen molar-refractivity contribution in [3.8, 4) is 11.5 Å². The molecule has 2 aliphatic rings. The first-order valence-corrected chi connectivity index (χ1v) is 11.3. The van der Waals surface area contributed by atoms with Gasteiger partial charge in [0.15, 0.2) is 0 Å². The second kappa shape index (κ2) is 9.13. The summed E-state index contributed by atoms with van der Waals surface area (Å²) < 4.78 is 11.5. The van der Waals surface area contributed by atoms with Gasteiger partial charge in [-0.1, -0.05) is 6.92 Å². The topological polar surface area (TPSA) is 63.7 Å². The Morgan fingerprint density at radius 2 is 2.24 bits per heavy atom. The van der Waals surface area contributed by atoms with Crippen LogP contribution in [0.1, 0.15) is 47.3 Å². The van der Waals surface area contributed by atoms with Crippen LogP contribution in [0.5, 0.6) is 11.5 Å². The first kappa shape index (κ1) is 20.2. The number of carbonyl (C=O) groups excluding carboxylic acids is 1. The van der Waals surface area contributed by atoms with E-state index in [4.69, 9.17) is 14.5 Å². The molecule has 1 atom stereocenters. The van der Waals surface area contributed by atoms with Crippen molar-refractivity contribution in [1.29, 1.82) is 0 Å². The minimum absolute atomic E-state index is 0.0272. The largest absolute Gasteiger partial charge is 0.497 e. The Hall–Kier alpha value is -2.12. The summed E-state index contributed by atoms with van der Waals surface area (Å²) in [6.07, 6.45) is 5.66. The third-order valence-electron chi connectivity index (χ3n) is 5.57. The lowest BCUT2D eigenvalue weighted by Gasteiger charge is -2.22. The number of carbonyl (C=O) groups is 1. The van der Waals surface area contributed by atoms with Crippen LogP contribution in [0.4, 0.5) is 0 Å². The number of amides is 1. The molecule has 0 spiro atoms. The van der Waals surface area contributed by atoms with Crippen LogP contribution in [-0.2, 0) is 30.7 Å². The Bertz CT molecular complexity index is 843. The van der Waals surface area contributed by atoms with Crippen LogP contribution in [0.2, 0.25) is 0 Å². The lowest BCUT2D eigenvalue weighted by molar-refractivity contribution is -0.122. The van der Waals surface area contributed by atoms with E-state index in [1.807, 2.05) is 18.2 Å². The normalized spacial score (nSPS) is 18.9. The fourth-order valence-corrected chi connectivity index (χ4v) is 5.08. The number of fused-ring (bicyclic) bond motifs is 2. The predicted octanol–water partition coefficient (Wildman–Crippen LogP) is 3.32. The molecule has 1 aliphatic heterocycles. The van der Waals surface area contributed by atoms with Gasteiger partial charge in [-0.15, -0.1) is 11.3 Å². The molecule has 1 unspecified atom stereocenters. The number of aromatic nitrogens is 1. The molecule has 1 aliphatic carbocycles. The molecule has 1 aromatic heterocycles. The van der Waals surface area contributed by atoms with Gasteiger partial charge in [-0.25, -0.2) is 4.98 Å². The van der Waals surface area contributed by atoms with Crippen molar-refractivity contribution >= 4 is 17.2 Å². The van der Waals surface area contributed by atoms with Gasteiger partial charge in [-0.3, -0.25) is 9.69 Å². The number of benzene rings is 1. The third-order valence-corrected chi connectivity index (χ3v) is 6.72. The molecular weight excluding hydrogens is 386 g/mol. The molecule has 156 valence electrons. The van der Waals surface area contributed by atoms with E-state index in [-0.39, 0.29) is 12.0 Å². The molecular formula is C22H29N3O3S. The highest BCUT2D eigenvalue weighted by Gasteiger charge is 2.24. The van der Waals surface area contributed by atoms with Crippen molar-refractivity contribution in [3.05, 3.63) is 39.3 Å². The highest BCUT2D eigenvalue weighted by atomic mass is 32.1. The summed E-state index contributed by atoms with van der Waals surface area (Å²) in [6, 6.07) is 5.88. The summed E-state index contributed by atoms with van der Waals surface area (Å²) in [5, 5.41) is 4.08. The predicted molar refractivity (Wildman–Crippen MR) is 114 cm³/mol. The molecule has 0 bridgehead atoms. The number of hydrogen-bond donors (Lipinski definition) is 1. The van der Waals surface area contributed by atoms with E-state index in [2.05, 4.69) is 17.1 Å². The standard InChI is InChI=1S/C22H29N3O3S/c1-3-16-13-25(12-15-10-17(27-2)8-9-19(15)28-16)14-21(26)23-11-22-24-18-6-4-5-7-20(18)29-22/h8-10,16H,3-7,11-14H2,1-2H3,(H,23,26). The third kappa shape index (κ3) is 4.90. The van der Waals surface area contributed by atoms with Crippen molar-refractivity contribution < 1.29 is 14.3 Å². The van der Waals surface area contributed by atoms with E-state index in [9.17, 15) is 4.79 Å². The van der Waals surface area contributed by atoms with Gasteiger partial charge in [-0.05, 0) is 50.3 Å². The lowest BCUT2D eigenvalue weighted by Crippen LogP contribution is -2.40. The highest BCUT2D eigenvalue weighted by Crippen LogP contribution is 2.30. The molecule has 2 aromatic rings. The smallest absolute Gasteiger partial charge is 0.234 e. The molecule has 0 radical (unpaired) electrons. The van der Waals surface area contributed by atoms with Crippen molar-refractivity contribution in [2.75, 3.05) is 20.2 Å². The van der Waals surface area contributed by atoms with Gasteiger partial charge in [0.05, 0.1) is 25.9 Å². The van der Waals surface area contributed by atoms with Gasteiger partial charge in [0.2, 0.25) is 5.91 Å². The summed E-state index contributed by atoms with van der Waals surface area (Å²) in [4.78, 5) is 20.9. The van der Waals surface area contributed by atoms with E-state index < -0.39 is 0 Å². The second-order valence-corrected chi connectivity index (χ2v) is 8.92. The average molecular weight is 416 g/mol. The van der Waals surface area contributed by atoms with Gasteiger partial charge >= 0.3 is 0 Å². The van der Waals surface area contributed by atoms with Crippen LogP contribution in [0.25, 0.3) is 0 Å². The van der Waals surface area contributed by atoms with Crippen LogP contribution >= 0.6 is 11.3 Å². The summed E-state index contributed by atoms with van der Waals surface area (Å²) >= 11 is 1.75. The molecule has 7 heteroatoms. The van der Waals surface area contributed by atoms with Crippen LogP contribution < -0.4 is 14.8 Å². The quantitative estimate of drug-likeness (QED) is 0.784. The van der Waals surface area contributed by atoms with Gasteiger partial charge in [0.1, 0.15) is 22.6 Å². The van der Waals surface area contributed by atoms with E-state index in [1.165, 1.54) is 23.4 Å². The molecule has 4 rings (SSSR count). The molecule has 29 heavy (non-hydrogen) atoms. The lowest BCUT2D eigenvalue weighted by atomic mass is 10.0. The molecule has 2 heterocycles. The van der Waals surface area contributed by atoms with Crippen LogP contribution in [0.3, 0.4) is 0 Å². The van der Waals surface area contributed by atoms with Gasteiger partial charge in [-0.2, -0.15) is 0 Å². The number of nitrogens with one attached hydrogen (secondary N) is 1. The highest BCUT2D eigenvalue weighted by molar-refractivity contribution is 7.11. The minimum atomic E-state index is 0.0272. The van der Waals surface area contributed by atoms with Crippen molar-refractivity contribution in [2.45, 2.75) is 58.2 Å².